The Hall–Kier alpha value is -1.79. The molecule has 0 aromatic rings. The molecule has 112 valence electrons. The van der Waals surface area contributed by atoms with Gasteiger partial charge >= 0.3 is 12.0 Å². The Bertz CT molecular complexity index is 443. The minimum absolute atomic E-state index is 0.0467. The minimum atomic E-state index is -1.09. The first-order chi connectivity index (χ1) is 9.21. The van der Waals surface area contributed by atoms with Crippen LogP contribution in [0.15, 0.2) is 0 Å². The fourth-order valence-corrected chi connectivity index (χ4v) is 2.83. The molecule has 2 aliphatic rings. The molecule has 0 bridgehead atoms. The Morgan fingerprint density at radius 2 is 2.00 bits per heavy atom. The van der Waals surface area contributed by atoms with Crippen LogP contribution in [0.25, 0.3) is 0 Å². The number of fused-ring (bicyclic) bond motifs is 1. The van der Waals surface area contributed by atoms with Crippen LogP contribution in [0.1, 0.15) is 20.8 Å². The Labute approximate surface area is 117 Å². The smallest absolute Gasteiger partial charge is 0.317 e. The van der Waals surface area contributed by atoms with E-state index in [1.165, 1.54) is 0 Å². The Balaban J connectivity index is 2.10. The lowest BCUT2D eigenvalue weighted by Gasteiger charge is -2.39. The van der Waals surface area contributed by atoms with Crippen molar-refractivity contribution in [2.24, 2.45) is 11.3 Å². The van der Waals surface area contributed by atoms with Crippen molar-refractivity contribution in [1.29, 1.82) is 0 Å². The Morgan fingerprint density at radius 3 is 2.55 bits per heavy atom. The molecule has 2 fully saturated rings. The zero-order valence-electron chi connectivity index (χ0n) is 12.0. The number of rotatable bonds is 2. The third kappa shape index (κ3) is 2.57. The number of nitrogens with zero attached hydrogens (tertiary/aromatic N) is 2. The highest BCUT2D eigenvalue weighted by atomic mass is 16.4. The van der Waals surface area contributed by atoms with Crippen molar-refractivity contribution in [2.75, 3.05) is 26.2 Å². The number of carbonyl (C=O) groups is 3. The quantitative estimate of drug-likeness (QED) is 0.696. The number of hydrogen-bond donors (Lipinski definition) is 2. The number of carboxylic acid groups (broad SMARTS) is 1. The molecule has 2 heterocycles. The van der Waals surface area contributed by atoms with Crippen molar-refractivity contribution in [3.63, 3.8) is 0 Å². The summed E-state index contributed by atoms with van der Waals surface area (Å²) in [5, 5.41) is 12.1. The van der Waals surface area contributed by atoms with Crippen LogP contribution in [0.5, 0.6) is 0 Å². The molecule has 2 atom stereocenters. The fraction of sp³-hybridized carbons (Fsp3) is 0.769. The molecule has 2 unspecified atom stereocenters. The normalized spacial score (nSPS) is 24.1. The molecule has 2 N–H and O–H groups in total. The molecule has 0 spiro atoms. The summed E-state index contributed by atoms with van der Waals surface area (Å²) in [6.07, 6.45) is 0. The van der Waals surface area contributed by atoms with E-state index in [9.17, 15) is 19.5 Å². The van der Waals surface area contributed by atoms with Gasteiger partial charge in [-0.15, -0.1) is 0 Å². The van der Waals surface area contributed by atoms with Gasteiger partial charge in [0.05, 0.1) is 6.04 Å². The van der Waals surface area contributed by atoms with E-state index < -0.39 is 17.3 Å². The van der Waals surface area contributed by atoms with Gasteiger partial charge in [-0.3, -0.25) is 9.59 Å². The summed E-state index contributed by atoms with van der Waals surface area (Å²) in [5.41, 5.74) is -0.635. The second-order valence-corrected chi connectivity index (χ2v) is 6.45. The average molecular weight is 283 g/mol. The summed E-state index contributed by atoms with van der Waals surface area (Å²) in [7, 11) is 0. The number of piperazine rings is 1. The van der Waals surface area contributed by atoms with E-state index >= 15 is 0 Å². The number of carboxylic acids is 1. The van der Waals surface area contributed by atoms with Crippen molar-refractivity contribution in [2.45, 2.75) is 26.8 Å². The molecule has 2 rings (SSSR count). The number of nitrogens with one attached hydrogen (secondary N) is 1. The molecule has 20 heavy (non-hydrogen) atoms. The highest BCUT2D eigenvalue weighted by molar-refractivity contribution is 5.98. The van der Waals surface area contributed by atoms with Gasteiger partial charge in [0.2, 0.25) is 5.91 Å². The monoisotopic (exact) mass is 283 g/mol. The molecule has 7 nitrogen and oxygen atoms in total. The van der Waals surface area contributed by atoms with Gasteiger partial charge in [0.15, 0.2) is 0 Å². The number of urea groups is 1. The van der Waals surface area contributed by atoms with E-state index in [0.29, 0.717) is 26.2 Å². The zero-order valence-corrected chi connectivity index (χ0v) is 12.0. The predicted octanol–water partition coefficient (Wildman–Crippen LogP) is -0.0307. The Morgan fingerprint density at radius 1 is 1.35 bits per heavy atom. The van der Waals surface area contributed by atoms with E-state index in [1.54, 1.807) is 30.6 Å². The second kappa shape index (κ2) is 4.96. The molecule has 7 heteroatoms. The standard InChI is InChI=1S/C13H21N3O4/c1-13(2,3)9(11(18)19)10(17)15-4-5-16-8(7-15)6-14-12(16)20/h8-9H,4-7H2,1-3H3,(H,14,20)(H,18,19). The van der Waals surface area contributed by atoms with E-state index in [2.05, 4.69) is 5.32 Å². The molecule has 2 aliphatic heterocycles. The maximum Gasteiger partial charge on any atom is 0.317 e. The summed E-state index contributed by atoms with van der Waals surface area (Å²) >= 11 is 0. The molecule has 0 aliphatic carbocycles. The van der Waals surface area contributed by atoms with Crippen molar-refractivity contribution in [3.8, 4) is 0 Å². The first-order valence-electron chi connectivity index (χ1n) is 6.78. The minimum Gasteiger partial charge on any atom is -0.481 e. The lowest BCUT2D eigenvalue weighted by molar-refractivity contribution is -0.157. The van der Waals surface area contributed by atoms with E-state index in [0.717, 1.165) is 0 Å². The van der Waals surface area contributed by atoms with Crippen LogP contribution in [0.4, 0.5) is 4.79 Å². The fourth-order valence-electron chi connectivity index (χ4n) is 2.83. The van der Waals surface area contributed by atoms with Gasteiger partial charge in [0, 0.05) is 26.2 Å². The maximum absolute atomic E-state index is 12.5. The summed E-state index contributed by atoms with van der Waals surface area (Å²) < 4.78 is 0. The number of aliphatic carboxylic acids is 1. The van der Waals surface area contributed by atoms with E-state index in [-0.39, 0.29) is 18.0 Å². The average Bonchev–Trinajstić information content (AvgIpc) is 2.68. The van der Waals surface area contributed by atoms with Crippen molar-refractivity contribution in [1.82, 2.24) is 15.1 Å². The molecular formula is C13H21N3O4. The van der Waals surface area contributed by atoms with Crippen LogP contribution in [0.2, 0.25) is 0 Å². The van der Waals surface area contributed by atoms with Crippen LogP contribution in [0.3, 0.4) is 0 Å². The molecule has 3 amide bonds. The molecule has 2 saturated heterocycles. The van der Waals surface area contributed by atoms with Crippen LogP contribution < -0.4 is 5.32 Å². The van der Waals surface area contributed by atoms with Gasteiger partial charge in [0.1, 0.15) is 5.92 Å². The summed E-state index contributed by atoms with van der Waals surface area (Å²) in [6, 6.07) is -0.151. The van der Waals surface area contributed by atoms with E-state index in [1.807, 2.05) is 0 Å². The first kappa shape index (κ1) is 14.6. The van der Waals surface area contributed by atoms with Gasteiger partial charge in [-0.2, -0.15) is 0 Å². The summed E-state index contributed by atoms with van der Waals surface area (Å²) in [5.74, 6) is -2.51. The van der Waals surface area contributed by atoms with Crippen LogP contribution >= 0.6 is 0 Å². The van der Waals surface area contributed by atoms with Crippen LogP contribution in [0, 0.1) is 11.3 Å². The zero-order chi connectivity index (χ0) is 15.1. The van der Waals surface area contributed by atoms with Crippen LogP contribution in [-0.4, -0.2) is 65.0 Å². The third-order valence-electron chi connectivity index (χ3n) is 3.90. The van der Waals surface area contributed by atoms with Crippen LogP contribution in [-0.2, 0) is 9.59 Å². The molecule has 0 aromatic heterocycles. The van der Waals surface area contributed by atoms with Gasteiger partial charge in [-0.1, -0.05) is 20.8 Å². The second-order valence-electron chi connectivity index (χ2n) is 6.45. The number of amides is 3. The number of hydrogen-bond acceptors (Lipinski definition) is 3. The van der Waals surface area contributed by atoms with Gasteiger partial charge in [0.25, 0.3) is 0 Å². The highest BCUT2D eigenvalue weighted by Gasteiger charge is 2.43. The maximum atomic E-state index is 12.5. The van der Waals surface area contributed by atoms with Crippen molar-refractivity contribution < 1.29 is 19.5 Å². The van der Waals surface area contributed by atoms with E-state index in [4.69, 9.17) is 0 Å². The van der Waals surface area contributed by atoms with Crippen molar-refractivity contribution in [3.05, 3.63) is 0 Å². The summed E-state index contributed by atoms with van der Waals surface area (Å²) in [4.78, 5) is 38.6. The third-order valence-corrected chi connectivity index (χ3v) is 3.90. The largest absolute Gasteiger partial charge is 0.481 e. The highest BCUT2D eigenvalue weighted by Crippen LogP contribution is 2.29. The van der Waals surface area contributed by atoms with Gasteiger partial charge < -0.3 is 20.2 Å². The Kier molecular flexibility index (Phi) is 3.62. The first-order valence-corrected chi connectivity index (χ1v) is 6.78. The number of carbonyl (C=O) groups excluding carboxylic acids is 2. The lowest BCUT2D eigenvalue weighted by atomic mass is 9.79. The molecule has 0 saturated carbocycles. The van der Waals surface area contributed by atoms with Gasteiger partial charge in [-0.25, -0.2) is 4.79 Å². The lowest BCUT2D eigenvalue weighted by Crippen LogP contribution is -2.56. The predicted molar refractivity (Wildman–Crippen MR) is 71.1 cm³/mol. The van der Waals surface area contributed by atoms with Gasteiger partial charge in [-0.05, 0) is 5.41 Å². The van der Waals surface area contributed by atoms with Crippen molar-refractivity contribution >= 4 is 17.9 Å². The molecule has 0 radical (unpaired) electrons. The molecule has 0 aromatic carbocycles. The molecular weight excluding hydrogens is 262 g/mol. The summed E-state index contributed by atoms with van der Waals surface area (Å²) in [6.45, 7) is 7.01. The SMILES string of the molecule is CC(C)(C)C(C(=O)O)C(=O)N1CCN2C(=O)NCC2C1. The topological polar surface area (TPSA) is 90.0 Å².